The maximum atomic E-state index is 6.08. The molecule has 0 aliphatic carbocycles. The standard InChI is InChI=1S/C22H39N5O/c1-18(17-27-13-11-26(6)12-14-27)15-24-21(23-5)25-16-19-9-7-8-10-20(19)28-22(2,3)4/h7-10,18H,11-17H2,1-6H3,(H2,23,24,25). The van der Waals surface area contributed by atoms with E-state index < -0.39 is 0 Å². The van der Waals surface area contributed by atoms with Crippen LogP contribution >= 0.6 is 0 Å². The van der Waals surface area contributed by atoms with E-state index in [-0.39, 0.29) is 5.60 Å². The first-order valence-electron chi connectivity index (χ1n) is 10.4. The molecule has 0 radical (unpaired) electrons. The maximum Gasteiger partial charge on any atom is 0.191 e. The van der Waals surface area contributed by atoms with E-state index in [9.17, 15) is 0 Å². The summed E-state index contributed by atoms with van der Waals surface area (Å²) in [7, 11) is 4.01. The first-order valence-corrected chi connectivity index (χ1v) is 10.4. The van der Waals surface area contributed by atoms with E-state index in [0.717, 1.165) is 30.4 Å². The topological polar surface area (TPSA) is 52.1 Å². The van der Waals surface area contributed by atoms with Crippen LogP contribution in [0.3, 0.4) is 0 Å². The lowest BCUT2D eigenvalue weighted by Gasteiger charge is -2.34. The molecule has 0 bridgehead atoms. The summed E-state index contributed by atoms with van der Waals surface area (Å²) < 4.78 is 6.08. The van der Waals surface area contributed by atoms with Crippen LogP contribution in [0.1, 0.15) is 33.3 Å². The monoisotopic (exact) mass is 389 g/mol. The third-order valence-corrected chi connectivity index (χ3v) is 4.84. The number of likely N-dealkylation sites (N-methyl/N-ethyl adjacent to an activating group) is 1. The Balaban J connectivity index is 1.79. The summed E-state index contributed by atoms with van der Waals surface area (Å²) in [5.74, 6) is 2.32. The largest absolute Gasteiger partial charge is 0.488 e. The molecule has 6 heteroatoms. The zero-order valence-corrected chi connectivity index (χ0v) is 18.6. The van der Waals surface area contributed by atoms with Crippen LogP contribution in [-0.4, -0.2) is 74.7 Å². The molecule has 1 unspecified atom stereocenters. The fraction of sp³-hybridized carbons (Fsp3) is 0.682. The lowest BCUT2D eigenvalue weighted by atomic mass is 10.1. The van der Waals surface area contributed by atoms with Gasteiger partial charge in [0.15, 0.2) is 5.96 Å². The van der Waals surface area contributed by atoms with Crippen molar-refractivity contribution >= 4 is 5.96 Å². The normalized spacial score (nSPS) is 18.0. The minimum absolute atomic E-state index is 0.214. The Morgan fingerprint density at radius 3 is 2.46 bits per heavy atom. The minimum Gasteiger partial charge on any atom is -0.488 e. The molecule has 28 heavy (non-hydrogen) atoms. The van der Waals surface area contributed by atoms with Crippen molar-refractivity contribution in [1.82, 2.24) is 20.4 Å². The van der Waals surface area contributed by atoms with Gasteiger partial charge in [0.2, 0.25) is 0 Å². The van der Waals surface area contributed by atoms with Crippen LogP contribution in [0, 0.1) is 5.92 Å². The molecule has 1 atom stereocenters. The third kappa shape index (κ3) is 8.07. The van der Waals surface area contributed by atoms with Crippen LogP contribution < -0.4 is 15.4 Å². The Bertz CT molecular complexity index is 618. The van der Waals surface area contributed by atoms with Crippen LogP contribution in [0.5, 0.6) is 5.75 Å². The second kappa shape index (κ2) is 10.7. The zero-order valence-electron chi connectivity index (χ0n) is 18.6. The Labute approximate surface area is 171 Å². The first-order chi connectivity index (χ1) is 13.3. The number of nitrogens with one attached hydrogen (secondary N) is 2. The average molecular weight is 390 g/mol. The van der Waals surface area contributed by atoms with Crippen molar-refractivity contribution < 1.29 is 4.74 Å². The Morgan fingerprint density at radius 2 is 1.82 bits per heavy atom. The van der Waals surface area contributed by atoms with Gasteiger partial charge in [-0.25, -0.2) is 0 Å². The second-order valence-electron chi connectivity index (χ2n) is 8.84. The first kappa shape index (κ1) is 22.5. The molecule has 1 aromatic rings. The van der Waals surface area contributed by atoms with E-state index in [4.69, 9.17) is 4.74 Å². The molecule has 0 spiro atoms. The second-order valence-corrected chi connectivity index (χ2v) is 8.84. The number of nitrogens with zero attached hydrogens (tertiary/aromatic N) is 3. The lowest BCUT2D eigenvalue weighted by Crippen LogP contribution is -2.47. The van der Waals surface area contributed by atoms with Gasteiger partial charge in [0.05, 0.1) is 0 Å². The summed E-state index contributed by atoms with van der Waals surface area (Å²) in [6, 6.07) is 8.17. The number of piperazine rings is 1. The number of guanidine groups is 1. The SMILES string of the molecule is CN=C(NCc1ccccc1OC(C)(C)C)NCC(C)CN1CCN(C)CC1. The lowest BCUT2D eigenvalue weighted by molar-refractivity contribution is 0.129. The van der Waals surface area contributed by atoms with Gasteiger partial charge in [-0.15, -0.1) is 0 Å². The van der Waals surface area contributed by atoms with Crippen LogP contribution in [0.15, 0.2) is 29.3 Å². The van der Waals surface area contributed by atoms with Gasteiger partial charge in [0.25, 0.3) is 0 Å². The van der Waals surface area contributed by atoms with Crippen molar-refractivity contribution in [2.24, 2.45) is 10.9 Å². The van der Waals surface area contributed by atoms with Gasteiger partial charge in [-0.3, -0.25) is 4.99 Å². The fourth-order valence-corrected chi connectivity index (χ4v) is 3.29. The molecule has 0 saturated carbocycles. The molecule has 0 amide bonds. The van der Waals surface area contributed by atoms with E-state index in [1.54, 1.807) is 0 Å². The van der Waals surface area contributed by atoms with Crippen LogP contribution in [0.4, 0.5) is 0 Å². The molecule has 1 saturated heterocycles. The Morgan fingerprint density at radius 1 is 1.14 bits per heavy atom. The predicted molar refractivity (Wildman–Crippen MR) is 118 cm³/mol. The van der Waals surface area contributed by atoms with Crippen molar-refractivity contribution in [3.8, 4) is 5.75 Å². The molecular weight excluding hydrogens is 350 g/mol. The summed E-state index contributed by atoms with van der Waals surface area (Å²) in [6.07, 6.45) is 0. The molecule has 2 N–H and O–H groups in total. The maximum absolute atomic E-state index is 6.08. The smallest absolute Gasteiger partial charge is 0.191 e. The summed E-state index contributed by atoms with van der Waals surface area (Å²) in [6.45, 7) is 15.9. The van der Waals surface area contributed by atoms with Crippen molar-refractivity contribution in [1.29, 1.82) is 0 Å². The van der Waals surface area contributed by atoms with Crippen molar-refractivity contribution in [2.45, 2.75) is 39.8 Å². The highest BCUT2D eigenvalue weighted by atomic mass is 16.5. The molecule has 2 rings (SSSR count). The van der Waals surface area contributed by atoms with E-state index in [0.29, 0.717) is 12.5 Å². The van der Waals surface area contributed by atoms with Gasteiger partial charge in [0, 0.05) is 58.4 Å². The van der Waals surface area contributed by atoms with Crippen molar-refractivity contribution in [2.75, 3.05) is 53.4 Å². The predicted octanol–water partition coefficient (Wildman–Crippen LogP) is 2.41. The highest BCUT2D eigenvalue weighted by Gasteiger charge is 2.17. The number of para-hydroxylation sites is 1. The molecule has 1 aliphatic heterocycles. The number of benzene rings is 1. The number of hydrogen-bond donors (Lipinski definition) is 2. The van der Waals surface area contributed by atoms with Gasteiger partial charge in [-0.2, -0.15) is 0 Å². The van der Waals surface area contributed by atoms with Crippen LogP contribution in [0.25, 0.3) is 0 Å². The quantitative estimate of drug-likeness (QED) is 0.554. The molecule has 1 aromatic carbocycles. The molecular formula is C22H39N5O. The van der Waals surface area contributed by atoms with E-state index in [1.165, 1.54) is 26.2 Å². The zero-order chi connectivity index (χ0) is 20.6. The molecule has 1 heterocycles. The third-order valence-electron chi connectivity index (χ3n) is 4.84. The number of ether oxygens (including phenoxy) is 1. The summed E-state index contributed by atoms with van der Waals surface area (Å²) >= 11 is 0. The summed E-state index contributed by atoms with van der Waals surface area (Å²) in [5, 5.41) is 6.88. The highest BCUT2D eigenvalue weighted by Crippen LogP contribution is 2.22. The molecule has 0 aromatic heterocycles. The Hall–Kier alpha value is -1.79. The fourth-order valence-electron chi connectivity index (χ4n) is 3.29. The van der Waals surface area contributed by atoms with E-state index in [1.807, 2.05) is 25.2 Å². The minimum atomic E-state index is -0.214. The van der Waals surface area contributed by atoms with Gasteiger partial charge >= 0.3 is 0 Å². The molecule has 1 fully saturated rings. The summed E-state index contributed by atoms with van der Waals surface area (Å²) in [4.78, 5) is 9.32. The highest BCUT2D eigenvalue weighted by molar-refractivity contribution is 5.79. The number of aliphatic imine (C=N–C) groups is 1. The van der Waals surface area contributed by atoms with Gasteiger partial charge in [-0.1, -0.05) is 25.1 Å². The van der Waals surface area contributed by atoms with E-state index in [2.05, 4.69) is 66.2 Å². The van der Waals surface area contributed by atoms with Crippen LogP contribution in [-0.2, 0) is 6.54 Å². The molecule has 6 nitrogen and oxygen atoms in total. The van der Waals surface area contributed by atoms with Crippen LogP contribution in [0.2, 0.25) is 0 Å². The average Bonchev–Trinajstić information content (AvgIpc) is 2.64. The Kier molecular flexibility index (Phi) is 8.58. The van der Waals surface area contributed by atoms with Gasteiger partial charge in [-0.05, 0) is 39.8 Å². The van der Waals surface area contributed by atoms with Gasteiger partial charge in [0.1, 0.15) is 11.4 Å². The summed E-state index contributed by atoms with van der Waals surface area (Å²) in [5.41, 5.74) is 0.917. The number of rotatable bonds is 7. The van der Waals surface area contributed by atoms with Gasteiger partial charge < -0.3 is 25.2 Å². The van der Waals surface area contributed by atoms with E-state index >= 15 is 0 Å². The van der Waals surface area contributed by atoms with Crippen molar-refractivity contribution in [3.05, 3.63) is 29.8 Å². The number of hydrogen-bond acceptors (Lipinski definition) is 4. The molecule has 158 valence electrons. The molecule has 1 aliphatic rings. The van der Waals surface area contributed by atoms with Crippen molar-refractivity contribution in [3.63, 3.8) is 0 Å².